The first-order valence-corrected chi connectivity index (χ1v) is 5.98. The van der Waals surface area contributed by atoms with Crippen molar-refractivity contribution in [2.45, 2.75) is 19.8 Å². The van der Waals surface area contributed by atoms with Crippen LogP contribution in [0.2, 0.25) is 0 Å². The molecule has 82 valence electrons. The fourth-order valence-electron chi connectivity index (χ4n) is 1.61. The largest absolute Gasteiger partial charge is 0.411 e. The topological polar surface area (TPSA) is 96.0 Å². The van der Waals surface area contributed by atoms with Crippen molar-refractivity contribution in [3.8, 4) is 0 Å². The van der Waals surface area contributed by atoms with Crippen LogP contribution in [0.25, 0.3) is 0 Å². The van der Waals surface area contributed by atoms with Gasteiger partial charge in [-0.05, 0) is 6.42 Å². The maximum atomic E-state index is 11.0. The van der Waals surface area contributed by atoms with Crippen molar-refractivity contribution >= 4 is 15.9 Å². The van der Waals surface area contributed by atoms with E-state index in [2.05, 4.69) is 5.16 Å². The summed E-state index contributed by atoms with van der Waals surface area (Å²) in [6.07, 6.45) is 1.19. The van der Waals surface area contributed by atoms with Gasteiger partial charge in [0.25, 0.3) is 10.2 Å². The van der Waals surface area contributed by atoms with Crippen LogP contribution < -0.4 is 5.14 Å². The zero-order valence-corrected chi connectivity index (χ0v) is 8.87. The minimum atomic E-state index is -3.60. The van der Waals surface area contributed by atoms with Gasteiger partial charge in [-0.25, -0.2) is 5.14 Å². The second-order valence-electron chi connectivity index (χ2n) is 3.35. The summed E-state index contributed by atoms with van der Waals surface area (Å²) < 4.78 is 23.3. The average molecular weight is 221 g/mol. The van der Waals surface area contributed by atoms with Gasteiger partial charge in [-0.3, -0.25) is 0 Å². The van der Waals surface area contributed by atoms with Crippen molar-refractivity contribution in [2.75, 3.05) is 13.1 Å². The van der Waals surface area contributed by atoms with Crippen LogP contribution in [0.3, 0.4) is 0 Å². The maximum Gasteiger partial charge on any atom is 0.276 e. The van der Waals surface area contributed by atoms with E-state index in [1.165, 1.54) is 4.31 Å². The molecule has 1 aliphatic heterocycles. The number of rotatable bonds is 2. The number of oxime groups is 1. The number of piperidine rings is 1. The van der Waals surface area contributed by atoms with Gasteiger partial charge in [-0.15, -0.1) is 0 Å². The molecule has 1 unspecified atom stereocenters. The van der Waals surface area contributed by atoms with Gasteiger partial charge in [0.1, 0.15) is 0 Å². The highest BCUT2D eigenvalue weighted by molar-refractivity contribution is 7.86. The van der Waals surface area contributed by atoms with Crippen molar-refractivity contribution in [2.24, 2.45) is 16.2 Å². The molecule has 1 saturated heterocycles. The summed E-state index contributed by atoms with van der Waals surface area (Å²) in [6, 6.07) is 0. The van der Waals surface area contributed by atoms with Crippen molar-refractivity contribution in [1.82, 2.24) is 4.31 Å². The molecule has 7 heteroatoms. The summed E-state index contributed by atoms with van der Waals surface area (Å²) in [5.74, 6) is -0.0212. The van der Waals surface area contributed by atoms with E-state index < -0.39 is 10.2 Å². The van der Waals surface area contributed by atoms with Gasteiger partial charge in [0.2, 0.25) is 0 Å². The summed E-state index contributed by atoms with van der Waals surface area (Å²) in [5.41, 5.74) is 0.660. The fraction of sp³-hybridized carbons (Fsp3) is 0.857. The van der Waals surface area contributed by atoms with Crippen LogP contribution in [-0.2, 0) is 10.2 Å². The zero-order chi connectivity index (χ0) is 10.8. The van der Waals surface area contributed by atoms with Crippen LogP contribution in [0.4, 0.5) is 0 Å². The Hall–Kier alpha value is -0.660. The van der Waals surface area contributed by atoms with Gasteiger partial charge in [-0.1, -0.05) is 12.1 Å². The predicted octanol–water partition coefficient (Wildman–Crippen LogP) is -0.248. The van der Waals surface area contributed by atoms with E-state index >= 15 is 0 Å². The molecule has 0 bridgehead atoms. The van der Waals surface area contributed by atoms with Crippen LogP contribution in [0.15, 0.2) is 5.16 Å². The molecule has 1 atom stereocenters. The fourth-order valence-corrected chi connectivity index (χ4v) is 2.35. The van der Waals surface area contributed by atoms with Crippen molar-refractivity contribution in [3.63, 3.8) is 0 Å². The van der Waals surface area contributed by atoms with Crippen LogP contribution in [0.5, 0.6) is 0 Å². The van der Waals surface area contributed by atoms with Crippen molar-refractivity contribution in [1.29, 1.82) is 0 Å². The Bertz CT molecular complexity index is 325. The van der Waals surface area contributed by atoms with Crippen molar-refractivity contribution < 1.29 is 13.6 Å². The van der Waals surface area contributed by atoms with E-state index in [1.807, 2.05) is 6.92 Å². The number of hydrogen-bond donors (Lipinski definition) is 2. The monoisotopic (exact) mass is 221 g/mol. The minimum absolute atomic E-state index is 0.0212. The standard InChI is InChI=1S/C7H15N3O3S/c1-2-6-5-10(14(8,12)13)4-3-7(6)9-11/h6,11H,2-5H2,1H3,(H2,8,12,13). The molecule has 1 aliphatic rings. The minimum Gasteiger partial charge on any atom is -0.411 e. The highest BCUT2D eigenvalue weighted by Gasteiger charge is 2.29. The van der Waals surface area contributed by atoms with Crippen LogP contribution in [-0.4, -0.2) is 36.7 Å². The summed E-state index contributed by atoms with van der Waals surface area (Å²) in [4.78, 5) is 0. The maximum absolute atomic E-state index is 11.0. The van der Waals surface area contributed by atoms with E-state index in [4.69, 9.17) is 10.3 Å². The molecule has 1 fully saturated rings. The number of nitrogens with zero attached hydrogens (tertiary/aromatic N) is 2. The van der Waals surface area contributed by atoms with Gasteiger partial charge in [0.15, 0.2) is 0 Å². The quantitative estimate of drug-likeness (QED) is 0.497. The Morgan fingerprint density at radius 1 is 1.71 bits per heavy atom. The lowest BCUT2D eigenvalue weighted by molar-refractivity contribution is 0.296. The molecule has 1 rings (SSSR count). The Morgan fingerprint density at radius 2 is 2.36 bits per heavy atom. The molecule has 0 saturated carbocycles. The van der Waals surface area contributed by atoms with E-state index in [0.717, 1.165) is 6.42 Å². The van der Waals surface area contributed by atoms with Crippen LogP contribution in [0.1, 0.15) is 19.8 Å². The predicted molar refractivity (Wildman–Crippen MR) is 52.3 cm³/mol. The Balaban J connectivity index is 2.76. The molecule has 14 heavy (non-hydrogen) atoms. The third-order valence-corrected chi connectivity index (χ3v) is 3.55. The summed E-state index contributed by atoms with van der Waals surface area (Å²) in [5, 5.41) is 16.9. The Kier molecular flexibility index (Phi) is 3.46. The van der Waals surface area contributed by atoms with Gasteiger partial charge in [0, 0.05) is 25.4 Å². The summed E-state index contributed by atoms with van der Waals surface area (Å²) in [7, 11) is -3.60. The normalized spacial score (nSPS) is 28.1. The highest BCUT2D eigenvalue weighted by Crippen LogP contribution is 2.18. The van der Waals surface area contributed by atoms with E-state index in [-0.39, 0.29) is 5.92 Å². The molecule has 6 nitrogen and oxygen atoms in total. The molecule has 1 heterocycles. The summed E-state index contributed by atoms with van der Waals surface area (Å²) in [6.45, 7) is 2.53. The lowest BCUT2D eigenvalue weighted by Gasteiger charge is -2.30. The molecule has 0 radical (unpaired) electrons. The second kappa shape index (κ2) is 4.24. The molecule has 0 amide bonds. The number of hydrogen-bond acceptors (Lipinski definition) is 4. The molecular weight excluding hydrogens is 206 g/mol. The lowest BCUT2D eigenvalue weighted by atomic mass is 9.95. The van der Waals surface area contributed by atoms with E-state index in [1.54, 1.807) is 0 Å². The number of nitrogens with two attached hydrogens (primary N) is 1. The summed E-state index contributed by atoms with van der Waals surface area (Å²) >= 11 is 0. The van der Waals surface area contributed by atoms with E-state index in [0.29, 0.717) is 25.2 Å². The zero-order valence-electron chi connectivity index (χ0n) is 8.05. The first-order chi connectivity index (χ1) is 6.49. The average Bonchev–Trinajstić information content (AvgIpc) is 2.15. The van der Waals surface area contributed by atoms with Gasteiger partial charge >= 0.3 is 0 Å². The van der Waals surface area contributed by atoms with Gasteiger partial charge < -0.3 is 5.21 Å². The smallest absolute Gasteiger partial charge is 0.276 e. The highest BCUT2D eigenvalue weighted by atomic mass is 32.2. The van der Waals surface area contributed by atoms with Gasteiger partial charge in [-0.2, -0.15) is 12.7 Å². The second-order valence-corrected chi connectivity index (χ2v) is 4.90. The first-order valence-electron chi connectivity index (χ1n) is 4.47. The molecule has 0 aromatic rings. The molecule has 3 N–H and O–H groups in total. The SMILES string of the molecule is CCC1CN(S(N)(=O)=O)CCC1=NO. The van der Waals surface area contributed by atoms with E-state index in [9.17, 15) is 8.42 Å². The molecule has 0 aliphatic carbocycles. The molecule has 0 spiro atoms. The third kappa shape index (κ3) is 2.43. The third-order valence-electron chi connectivity index (χ3n) is 2.49. The van der Waals surface area contributed by atoms with Crippen molar-refractivity contribution in [3.05, 3.63) is 0 Å². The molecule has 0 aromatic carbocycles. The lowest BCUT2D eigenvalue weighted by Crippen LogP contribution is -2.46. The molecular formula is C7H15N3O3S. The van der Waals surface area contributed by atoms with Crippen LogP contribution >= 0.6 is 0 Å². The Labute approximate surface area is 83.6 Å². The van der Waals surface area contributed by atoms with Gasteiger partial charge in [0.05, 0.1) is 5.71 Å². The van der Waals surface area contributed by atoms with Crippen LogP contribution in [0, 0.1) is 5.92 Å². The molecule has 0 aromatic heterocycles. The first kappa shape index (κ1) is 11.4. The Morgan fingerprint density at radius 3 is 2.79 bits per heavy atom.